The van der Waals surface area contributed by atoms with Crippen LogP contribution in [0.2, 0.25) is 0 Å². The molecule has 0 unspecified atom stereocenters. The minimum Gasteiger partial charge on any atom is -0.383 e. The molecule has 110 valence electrons. The van der Waals surface area contributed by atoms with Crippen LogP contribution in [0.1, 0.15) is 10.4 Å². The number of ether oxygens (including phenoxy) is 1. The number of hydrogen-bond donors (Lipinski definition) is 1. The predicted molar refractivity (Wildman–Crippen MR) is 75.9 cm³/mol. The highest BCUT2D eigenvalue weighted by atomic mass is 79.9. The van der Waals surface area contributed by atoms with Crippen LogP contribution in [0, 0.1) is 5.82 Å². The minimum atomic E-state index is -0.443. The van der Waals surface area contributed by atoms with E-state index >= 15 is 0 Å². The van der Waals surface area contributed by atoms with Gasteiger partial charge in [-0.2, -0.15) is 0 Å². The summed E-state index contributed by atoms with van der Waals surface area (Å²) in [4.78, 5) is 24.9. The second-order valence-electron chi connectivity index (χ2n) is 4.13. The first-order valence-corrected chi connectivity index (χ1v) is 6.71. The Morgan fingerprint density at radius 1 is 1.45 bits per heavy atom. The van der Waals surface area contributed by atoms with E-state index < -0.39 is 5.82 Å². The fraction of sp³-hybridized carbons (Fsp3) is 0.385. The zero-order valence-electron chi connectivity index (χ0n) is 11.3. The molecule has 0 bridgehead atoms. The zero-order chi connectivity index (χ0) is 15.1. The zero-order valence-corrected chi connectivity index (χ0v) is 12.9. The largest absolute Gasteiger partial charge is 0.383 e. The molecule has 1 aromatic carbocycles. The Morgan fingerprint density at radius 3 is 2.75 bits per heavy atom. The quantitative estimate of drug-likeness (QED) is 0.792. The SMILES string of the molecule is COCCNC(=O)CN(C)C(=O)c1ccc(F)c(Br)c1. The van der Waals surface area contributed by atoms with Crippen molar-refractivity contribution in [3.8, 4) is 0 Å². The molecule has 0 spiro atoms. The summed E-state index contributed by atoms with van der Waals surface area (Å²) in [5.74, 6) is -1.08. The van der Waals surface area contributed by atoms with Crippen LogP contribution in [-0.4, -0.2) is 50.6 Å². The smallest absolute Gasteiger partial charge is 0.254 e. The Morgan fingerprint density at radius 2 is 2.15 bits per heavy atom. The first kappa shape index (κ1) is 16.6. The van der Waals surface area contributed by atoms with Crippen molar-refractivity contribution >= 4 is 27.7 Å². The van der Waals surface area contributed by atoms with Gasteiger partial charge in [-0.15, -0.1) is 0 Å². The van der Waals surface area contributed by atoms with Gasteiger partial charge in [-0.05, 0) is 34.1 Å². The summed E-state index contributed by atoms with van der Waals surface area (Å²) >= 11 is 3.02. The molecule has 0 heterocycles. The van der Waals surface area contributed by atoms with Crippen LogP contribution in [-0.2, 0) is 9.53 Å². The number of nitrogens with one attached hydrogen (secondary N) is 1. The van der Waals surface area contributed by atoms with Gasteiger partial charge in [0.05, 0.1) is 17.6 Å². The van der Waals surface area contributed by atoms with Crippen LogP contribution in [0.15, 0.2) is 22.7 Å². The lowest BCUT2D eigenvalue weighted by atomic mass is 10.2. The Hall–Kier alpha value is -1.47. The van der Waals surface area contributed by atoms with Gasteiger partial charge in [-0.25, -0.2) is 4.39 Å². The maximum atomic E-state index is 13.1. The number of amides is 2. The van der Waals surface area contributed by atoms with Gasteiger partial charge in [0.2, 0.25) is 5.91 Å². The van der Waals surface area contributed by atoms with Gasteiger partial charge < -0.3 is 15.0 Å². The standard InChI is InChI=1S/C13H16BrFN2O3/c1-17(8-12(18)16-5-6-20-2)13(19)9-3-4-11(15)10(14)7-9/h3-4,7H,5-6,8H2,1-2H3,(H,16,18). The second kappa shape index (κ2) is 7.96. The molecule has 0 saturated heterocycles. The van der Waals surface area contributed by atoms with Gasteiger partial charge in [0.1, 0.15) is 5.82 Å². The average Bonchev–Trinajstić information content (AvgIpc) is 2.41. The van der Waals surface area contributed by atoms with E-state index in [1.54, 1.807) is 0 Å². The number of carbonyl (C=O) groups is 2. The lowest BCUT2D eigenvalue weighted by Gasteiger charge is -2.17. The molecular weight excluding hydrogens is 331 g/mol. The van der Waals surface area contributed by atoms with Gasteiger partial charge in [-0.3, -0.25) is 9.59 Å². The molecule has 0 fully saturated rings. The van der Waals surface area contributed by atoms with Crippen molar-refractivity contribution in [1.82, 2.24) is 10.2 Å². The third-order valence-electron chi connectivity index (χ3n) is 2.52. The molecule has 0 saturated carbocycles. The van der Waals surface area contributed by atoms with Crippen molar-refractivity contribution in [2.45, 2.75) is 0 Å². The van der Waals surface area contributed by atoms with Crippen LogP contribution >= 0.6 is 15.9 Å². The molecule has 1 aromatic rings. The molecule has 0 aromatic heterocycles. The molecule has 1 N–H and O–H groups in total. The van der Waals surface area contributed by atoms with E-state index in [0.717, 1.165) is 0 Å². The van der Waals surface area contributed by atoms with E-state index in [4.69, 9.17) is 4.74 Å². The van der Waals surface area contributed by atoms with Crippen LogP contribution in [0.5, 0.6) is 0 Å². The van der Waals surface area contributed by atoms with Crippen molar-refractivity contribution in [2.75, 3.05) is 33.9 Å². The topological polar surface area (TPSA) is 58.6 Å². The molecular formula is C13H16BrFN2O3. The maximum Gasteiger partial charge on any atom is 0.254 e. The Balaban J connectivity index is 2.58. The lowest BCUT2D eigenvalue weighted by molar-refractivity contribution is -0.121. The van der Waals surface area contributed by atoms with Gasteiger partial charge in [0, 0.05) is 26.3 Å². The number of benzene rings is 1. The number of nitrogens with zero attached hydrogens (tertiary/aromatic N) is 1. The number of halogens is 2. The number of carbonyl (C=O) groups excluding carboxylic acids is 2. The first-order chi connectivity index (χ1) is 9.45. The van der Waals surface area contributed by atoms with Gasteiger partial charge in [0.15, 0.2) is 0 Å². The molecule has 2 amide bonds. The number of likely N-dealkylation sites (N-methyl/N-ethyl adjacent to an activating group) is 1. The monoisotopic (exact) mass is 346 g/mol. The summed E-state index contributed by atoms with van der Waals surface area (Å²) in [5, 5.41) is 2.61. The summed E-state index contributed by atoms with van der Waals surface area (Å²) in [6.07, 6.45) is 0. The van der Waals surface area contributed by atoms with Gasteiger partial charge in [0.25, 0.3) is 5.91 Å². The maximum absolute atomic E-state index is 13.1. The van der Waals surface area contributed by atoms with Crippen molar-refractivity contribution in [1.29, 1.82) is 0 Å². The van der Waals surface area contributed by atoms with Gasteiger partial charge in [-0.1, -0.05) is 0 Å². The summed E-state index contributed by atoms with van der Waals surface area (Å²) in [6, 6.07) is 3.96. The average molecular weight is 347 g/mol. The third kappa shape index (κ3) is 4.90. The van der Waals surface area contributed by atoms with Crippen LogP contribution in [0.4, 0.5) is 4.39 Å². The Bertz CT molecular complexity index is 497. The van der Waals surface area contributed by atoms with Crippen molar-refractivity contribution in [3.05, 3.63) is 34.1 Å². The Kier molecular flexibility index (Phi) is 6.60. The number of rotatable bonds is 6. The summed E-state index contributed by atoms with van der Waals surface area (Å²) in [6.45, 7) is 0.727. The summed E-state index contributed by atoms with van der Waals surface area (Å²) in [5.41, 5.74) is 0.311. The van der Waals surface area contributed by atoms with Crippen LogP contribution in [0.25, 0.3) is 0 Å². The fourth-order valence-electron chi connectivity index (χ4n) is 1.49. The molecule has 20 heavy (non-hydrogen) atoms. The molecule has 0 aliphatic carbocycles. The van der Waals surface area contributed by atoms with Crippen molar-refractivity contribution in [2.24, 2.45) is 0 Å². The molecule has 5 nitrogen and oxygen atoms in total. The van der Waals surface area contributed by atoms with Crippen LogP contribution in [0.3, 0.4) is 0 Å². The van der Waals surface area contributed by atoms with E-state index in [9.17, 15) is 14.0 Å². The van der Waals surface area contributed by atoms with Crippen molar-refractivity contribution in [3.63, 3.8) is 0 Å². The molecule has 7 heteroatoms. The van der Waals surface area contributed by atoms with E-state index in [1.807, 2.05) is 0 Å². The normalized spacial score (nSPS) is 10.2. The van der Waals surface area contributed by atoms with E-state index in [1.165, 1.54) is 37.3 Å². The predicted octanol–water partition coefficient (Wildman–Crippen LogP) is 1.42. The van der Waals surface area contributed by atoms with E-state index in [2.05, 4.69) is 21.2 Å². The van der Waals surface area contributed by atoms with Crippen molar-refractivity contribution < 1.29 is 18.7 Å². The molecule has 0 aliphatic heterocycles. The first-order valence-electron chi connectivity index (χ1n) is 5.92. The molecule has 0 aliphatic rings. The van der Waals surface area contributed by atoms with E-state index in [-0.39, 0.29) is 22.8 Å². The van der Waals surface area contributed by atoms with Crippen LogP contribution < -0.4 is 5.32 Å². The minimum absolute atomic E-state index is 0.0719. The summed E-state index contributed by atoms with van der Waals surface area (Å²) in [7, 11) is 3.05. The third-order valence-corrected chi connectivity index (χ3v) is 3.13. The highest BCUT2D eigenvalue weighted by Gasteiger charge is 2.15. The van der Waals surface area contributed by atoms with Gasteiger partial charge >= 0.3 is 0 Å². The van der Waals surface area contributed by atoms with E-state index in [0.29, 0.717) is 18.7 Å². The fourth-order valence-corrected chi connectivity index (χ4v) is 1.86. The highest BCUT2D eigenvalue weighted by molar-refractivity contribution is 9.10. The summed E-state index contributed by atoms with van der Waals surface area (Å²) < 4.78 is 18.1. The molecule has 0 atom stereocenters. The molecule has 1 rings (SSSR count). The lowest BCUT2D eigenvalue weighted by Crippen LogP contribution is -2.39. The number of hydrogen-bond acceptors (Lipinski definition) is 3. The second-order valence-corrected chi connectivity index (χ2v) is 4.99. The Labute approximate surface area is 125 Å². The highest BCUT2D eigenvalue weighted by Crippen LogP contribution is 2.17. The number of methoxy groups -OCH3 is 1. The molecule has 0 radical (unpaired) electrons.